The van der Waals surface area contributed by atoms with Crippen LogP contribution in [0.2, 0.25) is 0 Å². The van der Waals surface area contributed by atoms with Gasteiger partial charge < -0.3 is 20.1 Å². The monoisotopic (exact) mass is 543 g/mol. The summed E-state index contributed by atoms with van der Waals surface area (Å²) < 4.78 is 5.72. The first-order valence-electron chi connectivity index (χ1n) is 13.7. The van der Waals surface area contributed by atoms with Crippen LogP contribution in [0.1, 0.15) is 42.4 Å². The van der Waals surface area contributed by atoms with E-state index in [4.69, 9.17) is 4.74 Å². The minimum atomic E-state index is -0.976. The Labute approximate surface area is 235 Å². The van der Waals surface area contributed by atoms with Crippen molar-refractivity contribution in [2.45, 2.75) is 38.3 Å². The Hall–Kier alpha value is -4.17. The van der Waals surface area contributed by atoms with Crippen molar-refractivity contribution in [1.82, 2.24) is 15.1 Å². The molecule has 1 atom stereocenters. The third-order valence-corrected chi connectivity index (χ3v) is 7.12. The van der Waals surface area contributed by atoms with Crippen LogP contribution in [0.25, 0.3) is 11.1 Å². The van der Waals surface area contributed by atoms with E-state index in [1.54, 1.807) is 0 Å². The number of fused-ring (bicyclic) bond motifs is 3. The lowest BCUT2D eigenvalue weighted by molar-refractivity contribution is -0.139. The molecule has 0 bridgehead atoms. The molecule has 0 aromatic heterocycles. The van der Waals surface area contributed by atoms with Gasteiger partial charge in [-0.15, -0.1) is 0 Å². The Balaban J connectivity index is 1.46. The maximum atomic E-state index is 13.6. The second-order valence-corrected chi connectivity index (χ2v) is 10.2. The lowest BCUT2D eigenvalue weighted by Crippen LogP contribution is -2.54. The van der Waals surface area contributed by atoms with Gasteiger partial charge in [0.2, 0.25) is 5.91 Å². The van der Waals surface area contributed by atoms with E-state index in [1.807, 2.05) is 73.5 Å². The molecule has 2 amide bonds. The van der Waals surface area contributed by atoms with Gasteiger partial charge in [0.1, 0.15) is 12.6 Å². The number of carboxylic acids is 1. The van der Waals surface area contributed by atoms with Crippen molar-refractivity contribution in [3.05, 3.63) is 95.6 Å². The van der Waals surface area contributed by atoms with E-state index in [1.165, 1.54) is 4.90 Å². The molecular formula is C32H37N3O5. The molecule has 2 N–H and O–H groups in total. The zero-order chi connectivity index (χ0) is 28.5. The zero-order valence-corrected chi connectivity index (χ0v) is 23.1. The van der Waals surface area contributed by atoms with E-state index in [0.717, 1.165) is 27.8 Å². The number of hydrogen-bond donors (Lipinski definition) is 2. The summed E-state index contributed by atoms with van der Waals surface area (Å²) in [7, 11) is 1.88. The standard InChI is InChI=1S/C32H37N3O5/c1-3-18-35(19-17-30(36)37)31(38)29(21-34(2)20-23-11-5-4-6-12-23)33-32(39)40-22-28-26-15-9-7-13-24(26)25-14-8-10-16-27(25)28/h4-16,28-29H,3,17-22H2,1-2H3,(H,33,39)(H,36,37). The van der Waals surface area contributed by atoms with Gasteiger partial charge in [0.15, 0.2) is 0 Å². The highest BCUT2D eigenvalue weighted by molar-refractivity contribution is 5.86. The summed E-state index contributed by atoms with van der Waals surface area (Å²) in [6, 6.07) is 25.2. The molecule has 40 heavy (non-hydrogen) atoms. The van der Waals surface area contributed by atoms with E-state index in [2.05, 4.69) is 29.6 Å². The molecule has 0 fully saturated rings. The van der Waals surface area contributed by atoms with E-state index >= 15 is 0 Å². The number of alkyl carbamates (subject to hydrolysis) is 1. The number of nitrogens with zero attached hydrogens (tertiary/aromatic N) is 2. The second kappa shape index (κ2) is 13.8. The molecular weight excluding hydrogens is 506 g/mol. The predicted octanol–water partition coefficient (Wildman–Crippen LogP) is 4.74. The molecule has 8 nitrogen and oxygen atoms in total. The van der Waals surface area contributed by atoms with Gasteiger partial charge in [-0.05, 0) is 41.3 Å². The lowest BCUT2D eigenvalue weighted by Gasteiger charge is -2.30. The first-order chi connectivity index (χ1) is 19.4. The number of ether oxygens (including phenoxy) is 1. The molecule has 8 heteroatoms. The van der Waals surface area contributed by atoms with Crippen LogP contribution in [0.15, 0.2) is 78.9 Å². The summed E-state index contributed by atoms with van der Waals surface area (Å²) in [5.74, 6) is -1.40. The Morgan fingerprint density at radius 1 is 0.900 bits per heavy atom. The molecule has 1 aliphatic carbocycles. The average Bonchev–Trinajstić information content (AvgIpc) is 3.27. The van der Waals surface area contributed by atoms with Crippen LogP contribution in [0.5, 0.6) is 0 Å². The lowest BCUT2D eigenvalue weighted by atomic mass is 9.98. The van der Waals surface area contributed by atoms with Gasteiger partial charge in [0.25, 0.3) is 0 Å². The highest BCUT2D eigenvalue weighted by atomic mass is 16.5. The number of likely N-dealkylation sites (N-methyl/N-ethyl adjacent to an activating group) is 1. The summed E-state index contributed by atoms with van der Waals surface area (Å²) in [5, 5.41) is 12.0. The number of carbonyl (C=O) groups is 3. The molecule has 0 spiro atoms. The maximum absolute atomic E-state index is 13.6. The Morgan fingerprint density at radius 3 is 2.10 bits per heavy atom. The van der Waals surface area contributed by atoms with Crippen LogP contribution in [0, 0.1) is 0 Å². The van der Waals surface area contributed by atoms with Crippen molar-refractivity contribution >= 4 is 18.0 Å². The number of nitrogens with one attached hydrogen (secondary N) is 1. The number of aliphatic carboxylic acids is 1. The van der Waals surface area contributed by atoms with E-state index in [0.29, 0.717) is 19.5 Å². The fourth-order valence-electron chi connectivity index (χ4n) is 5.29. The van der Waals surface area contributed by atoms with Gasteiger partial charge in [0.05, 0.1) is 6.42 Å². The second-order valence-electron chi connectivity index (χ2n) is 10.2. The van der Waals surface area contributed by atoms with Gasteiger partial charge >= 0.3 is 12.1 Å². The summed E-state index contributed by atoms with van der Waals surface area (Å²) in [6.07, 6.45) is -0.172. The normalized spacial score (nSPS) is 12.9. The highest BCUT2D eigenvalue weighted by Crippen LogP contribution is 2.44. The SMILES string of the molecule is CCCN(CCC(=O)O)C(=O)C(CN(C)Cc1ccccc1)NC(=O)OCC1c2ccccc2-c2ccccc21. The van der Waals surface area contributed by atoms with Crippen molar-refractivity contribution < 1.29 is 24.2 Å². The molecule has 3 aromatic rings. The fraction of sp³-hybridized carbons (Fsp3) is 0.344. The first-order valence-corrected chi connectivity index (χ1v) is 13.7. The Morgan fingerprint density at radius 2 is 1.50 bits per heavy atom. The van der Waals surface area contributed by atoms with Gasteiger partial charge in [-0.25, -0.2) is 4.79 Å². The quantitative estimate of drug-likeness (QED) is 0.323. The molecule has 4 rings (SSSR count). The molecule has 210 valence electrons. The van der Waals surface area contributed by atoms with Gasteiger partial charge in [-0.2, -0.15) is 0 Å². The van der Waals surface area contributed by atoms with Gasteiger partial charge in [0, 0.05) is 32.1 Å². The molecule has 3 aromatic carbocycles. The third kappa shape index (κ3) is 7.27. The largest absolute Gasteiger partial charge is 0.481 e. The molecule has 0 heterocycles. The van der Waals surface area contributed by atoms with Crippen molar-refractivity contribution in [3.8, 4) is 11.1 Å². The van der Waals surface area contributed by atoms with E-state index in [9.17, 15) is 19.5 Å². The smallest absolute Gasteiger partial charge is 0.407 e. The fourth-order valence-corrected chi connectivity index (χ4v) is 5.29. The maximum Gasteiger partial charge on any atom is 0.407 e. The van der Waals surface area contributed by atoms with Crippen molar-refractivity contribution in [3.63, 3.8) is 0 Å². The summed E-state index contributed by atoms with van der Waals surface area (Å²) >= 11 is 0. The Kier molecular flexibility index (Phi) is 9.91. The van der Waals surface area contributed by atoms with Crippen molar-refractivity contribution in [2.24, 2.45) is 0 Å². The summed E-state index contributed by atoms with van der Waals surface area (Å²) in [4.78, 5) is 41.4. The van der Waals surface area contributed by atoms with Crippen LogP contribution in [0.4, 0.5) is 4.79 Å². The van der Waals surface area contributed by atoms with Crippen molar-refractivity contribution in [1.29, 1.82) is 0 Å². The molecule has 0 saturated heterocycles. The van der Waals surface area contributed by atoms with Gasteiger partial charge in [-0.3, -0.25) is 14.5 Å². The summed E-state index contributed by atoms with van der Waals surface area (Å²) in [6.45, 7) is 3.37. The number of benzene rings is 3. The van der Waals surface area contributed by atoms with Crippen LogP contribution in [0.3, 0.4) is 0 Å². The number of carboxylic acid groups (broad SMARTS) is 1. The number of carbonyl (C=O) groups excluding carboxylic acids is 2. The minimum Gasteiger partial charge on any atom is -0.481 e. The number of rotatable bonds is 13. The van der Waals surface area contributed by atoms with E-state index in [-0.39, 0.29) is 37.9 Å². The average molecular weight is 544 g/mol. The molecule has 1 aliphatic rings. The van der Waals surface area contributed by atoms with Crippen LogP contribution in [-0.4, -0.2) is 72.2 Å². The topological polar surface area (TPSA) is 99.2 Å². The highest BCUT2D eigenvalue weighted by Gasteiger charge is 2.31. The van der Waals surface area contributed by atoms with Crippen LogP contribution >= 0.6 is 0 Å². The molecule has 1 unspecified atom stereocenters. The first kappa shape index (κ1) is 28.8. The molecule has 0 saturated carbocycles. The third-order valence-electron chi connectivity index (χ3n) is 7.12. The van der Waals surface area contributed by atoms with Gasteiger partial charge in [-0.1, -0.05) is 85.8 Å². The van der Waals surface area contributed by atoms with Crippen LogP contribution in [-0.2, 0) is 20.9 Å². The van der Waals surface area contributed by atoms with E-state index < -0.39 is 18.1 Å². The number of hydrogen-bond acceptors (Lipinski definition) is 5. The van der Waals surface area contributed by atoms with Crippen LogP contribution < -0.4 is 5.32 Å². The molecule has 0 radical (unpaired) electrons. The molecule has 0 aliphatic heterocycles. The minimum absolute atomic E-state index is 0.0767. The predicted molar refractivity (Wildman–Crippen MR) is 154 cm³/mol. The zero-order valence-electron chi connectivity index (χ0n) is 23.1. The number of amides is 2. The Bertz CT molecular complexity index is 1270. The van der Waals surface area contributed by atoms with Crippen molar-refractivity contribution in [2.75, 3.05) is 33.3 Å². The summed E-state index contributed by atoms with van der Waals surface area (Å²) in [5.41, 5.74) is 5.56.